The highest BCUT2D eigenvalue weighted by molar-refractivity contribution is 7.92. The van der Waals surface area contributed by atoms with Crippen molar-refractivity contribution in [2.24, 2.45) is 11.8 Å². The zero-order chi connectivity index (χ0) is 29.0. The maximum atomic E-state index is 14.2. The van der Waals surface area contributed by atoms with Gasteiger partial charge in [-0.2, -0.15) is 22.0 Å². The van der Waals surface area contributed by atoms with Crippen molar-refractivity contribution in [3.8, 4) is 22.6 Å². The summed E-state index contributed by atoms with van der Waals surface area (Å²) in [6, 6.07) is 10.00. The fraction of sp³-hybridized carbons (Fsp3) is 0.269. The molecule has 0 unspecified atom stereocenters. The van der Waals surface area contributed by atoms with Crippen molar-refractivity contribution in [3.63, 3.8) is 0 Å². The van der Waals surface area contributed by atoms with E-state index in [1.54, 1.807) is 0 Å². The molecule has 1 heterocycles. The van der Waals surface area contributed by atoms with Gasteiger partial charge in [-0.15, -0.1) is 0 Å². The molecular weight excluding hydrogens is 568 g/mol. The van der Waals surface area contributed by atoms with Gasteiger partial charge in [0.05, 0.1) is 28.6 Å². The number of rotatable bonds is 7. The number of benzene rings is 3. The van der Waals surface area contributed by atoms with Gasteiger partial charge in [0.25, 0.3) is 10.0 Å². The third kappa shape index (κ3) is 5.40. The second-order valence-corrected chi connectivity index (χ2v) is 11.2. The van der Waals surface area contributed by atoms with Gasteiger partial charge >= 0.3 is 18.8 Å². The number of carboxylic acid groups (broad SMARTS) is 1. The molecule has 3 atom stereocenters. The molecule has 1 saturated carbocycles. The van der Waals surface area contributed by atoms with E-state index in [1.807, 2.05) is 0 Å². The van der Waals surface area contributed by atoms with Gasteiger partial charge in [0, 0.05) is 12.0 Å². The summed E-state index contributed by atoms with van der Waals surface area (Å²) < 4.78 is 118. The number of fused-ring (bicyclic) bond motifs is 1. The lowest BCUT2D eigenvalue weighted by Gasteiger charge is -2.36. The molecule has 0 amide bonds. The number of sulfonamides is 1. The van der Waals surface area contributed by atoms with Gasteiger partial charge in [-0.25, -0.2) is 12.8 Å². The number of carboxylic acids is 1. The van der Waals surface area contributed by atoms with E-state index in [2.05, 4.69) is 4.74 Å². The van der Waals surface area contributed by atoms with Gasteiger partial charge in [0.15, 0.2) is 0 Å². The minimum absolute atomic E-state index is 0.00736. The van der Waals surface area contributed by atoms with Crippen LogP contribution in [0.3, 0.4) is 0 Å². The molecule has 0 bridgehead atoms. The zero-order valence-corrected chi connectivity index (χ0v) is 20.9. The molecule has 1 aliphatic carbocycles. The SMILES string of the molecule is O=C(O)[C@H]1C[C@@H]1[C@H]1CN(S(=O)(=O)c2cccc(C(F)(F)F)c2)c2cc(-c3cc(F)cc(OC(F)F)c3)ccc2O1. The predicted octanol–water partition coefficient (Wildman–Crippen LogP) is 5.79. The molecule has 5 rings (SSSR count). The monoisotopic (exact) mass is 587 g/mol. The molecule has 3 aromatic carbocycles. The summed E-state index contributed by atoms with van der Waals surface area (Å²) in [5.41, 5.74) is -1.09. The molecular formula is C26H19F6NO6S. The Morgan fingerprint density at radius 3 is 2.45 bits per heavy atom. The van der Waals surface area contributed by atoms with Crippen LogP contribution in [0, 0.1) is 17.7 Å². The van der Waals surface area contributed by atoms with Crippen LogP contribution in [0.1, 0.15) is 12.0 Å². The third-order valence-electron chi connectivity index (χ3n) is 6.67. The molecule has 14 heteroatoms. The zero-order valence-electron chi connectivity index (χ0n) is 20.1. The van der Waals surface area contributed by atoms with Crippen molar-refractivity contribution in [2.75, 3.05) is 10.8 Å². The first-order valence-electron chi connectivity index (χ1n) is 11.7. The minimum atomic E-state index is -4.82. The lowest BCUT2D eigenvalue weighted by molar-refractivity contribution is -0.139. The van der Waals surface area contributed by atoms with Gasteiger partial charge < -0.3 is 14.6 Å². The molecule has 0 spiro atoms. The Hall–Kier alpha value is -3.94. The third-order valence-corrected chi connectivity index (χ3v) is 8.44. The van der Waals surface area contributed by atoms with Gasteiger partial charge in [-0.3, -0.25) is 9.10 Å². The van der Waals surface area contributed by atoms with Crippen molar-refractivity contribution in [1.82, 2.24) is 0 Å². The van der Waals surface area contributed by atoms with Crippen LogP contribution < -0.4 is 13.8 Å². The van der Waals surface area contributed by atoms with Crippen molar-refractivity contribution in [2.45, 2.75) is 30.2 Å². The molecule has 40 heavy (non-hydrogen) atoms. The summed E-state index contributed by atoms with van der Waals surface area (Å²) in [6.07, 6.45) is -5.51. The van der Waals surface area contributed by atoms with Gasteiger partial charge in [0.2, 0.25) is 0 Å². The number of hydrogen-bond donors (Lipinski definition) is 1. The first-order valence-corrected chi connectivity index (χ1v) is 13.2. The molecule has 3 aromatic rings. The highest BCUT2D eigenvalue weighted by Gasteiger charge is 2.52. The Kier molecular flexibility index (Phi) is 6.84. The quantitative estimate of drug-likeness (QED) is 0.352. The number of nitrogens with zero attached hydrogens (tertiary/aromatic N) is 1. The standard InChI is InChI=1S/C26H19F6NO6S/c27-16-6-14(7-17(10-16)38-25(28)29)13-4-5-22-21(8-13)33(12-23(39-22)19-11-20(19)24(34)35)40(36,37)18-3-1-2-15(9-18)26(30,31)32/h1-10,19-20,23,25H,11-12H2,(H,34,35)/t19-,20-,23+/m0/s1. The van der Waals surface area contributed by atoms with E-state index in [9.17, 15) is 44.7 Å². The molecule has 2 aliphatic rings. The average Bonchev–Trinajstić information content (AvgIpc) is 3.68. The van der Waals surface area contributed by atoms with E-state index in [-0.39, 0.29) is 29.0 Å². The molecule has 0 radical (unpaired) electrons. The molecule has 212 valence electrons. The number of ether oxygens (including phenoxy) is 2. The van der Waals surface area contributed by atoms with E-state index in [1.165, 1.54) is 18.2 Å². The molecule has 1 fully saturated rings. The number of alkyl halides is 5. The normalized spacial score (nSPS) is 20.6. The van der Waals surface area contributed by atoms with Crippen LogP contribution in [-0.4, -0.2) is 38.8 Å². The Balaban J connectivity index is 1.60. The largest absolute Gasteiger partial charge is 0.486 e. The highest BCUT2D eigenvalue weighted by atomic mass is 32.2. The van der Waals surface area contributed by atoms with Crippen LogP contribution in [-0.2, 0) is 21.0 Å². The Morgan fingerprint density at radius 1 is 1.05 bits per heavy atom. The Labute approximate surface area is 223 Å². The second-order valence-electron chi connectivity index (χ2n) is 9.30. The lowest BCUT2D eigenvalue weighted by Crippen LogP contribution is -2.45. The number of anilines is 1. The molecule has 7 nitrogen and oxygen atoms in total. The highest BCUT2D eigenvalue weighted by Crippen LogP contribution is 2.48. The van der Waals surface area contributed by atoms with Crippen molar-refractivity contribution in [1.29, 1.82) is 0 Å². The maximum absolute atomic E-state index is 14.2. The van der Waals surface area contributed by atoms with Crippen molar-refractivity contribution >= 4 is 21.7 Å². The number of halogens is 6. The average molecular weight is 587 g/mol. The van der Waals surface area contributed by atoms with Gasteiger partial charge in [0.1, 0.15) is 23.4 Å². The molecule has 1 N–H and O–H groups in total. The summed E-state index contributed by atoms with van der Waals surface area (Å²) in [6.45, 7) is -3.64. The molecule has 1 aliphatic heterocycles. The number of carbonyl (C=O) groups is 1. The summed E-state index contributed by atoms with van der Waals surface area (Å²) in [5.74, 6) is -3.81. The number of hydrogen-bond acceptors (Lipinski definition) is 5. The summed E-state index contributed by atoms with van der Waals surface area (Å²) in [5, 5.41) is 9.34. The van der Waals surface area contributed by atoms with E-state index >= 15 is 0 Å². The van der Waals surface area contributed by atoms with E-state index in [4.69, 9.17) is 4.74 Å². The first-order chi connectivity index (χ1) is 18.7. The van der Waals surface area contributed by atoms with E-state index < -0.39 is 75.3 Å². The summed E-state index contributed by atoms with van der Waals surface area (Å²) in [7, 11) is -4.66. The maximum Gasteiger partial charge on any atom is 0.416 e. The molecule has 0 aromatic heterocycles. The smallest absolute Gasteiger partial charge is 0.416 e. The van der Waals surface area contributed by atoms with Gasteiger partial charge in [-0.05, 0) is 60.0 Å². The lowest BCUT2D eigenvalue weighted by atomic mass is 10.0. The van der Waals surface area contributed by atoms with Crippen molar-refractivity contribution in [3.05, 3.63) is 72.0 Å². The summed E-state index contributed by atoms with van der Waals surface area (Å²) >= 11 is 0. The Bertz CT molecular complexity index is 1580. The minimum Gasteiger partial charge on any atom is -0.486 e. The van der Waals surface area contributed by atoms with Crippen LogP contribution >= 0.6 is 0 Å². The van der Waals surface area contributed by atoms with E-state index in [0.29, 0.717) is 6.07 Å². The fourth-order valence-electron chi connectivity index (χ4n) is 4.67. The van der Waals surface area contributed by atoms with Gasteiger partial charge in [-0.1, -0.05) is 12.1 Å². The van der Waals surface area contributed by atoms with E-state index in [0.717, 1.165) is 40.7 Å². The fourth-order valence-corrected chi connectivity index (χ4v) is 6.20. The van der Waals surface area contributed by atoms with Crippen LogP contribution in [0.5, 0.6) is 11.5 Å². The van der Waals surface area contributed by atoms with Crippen LogP contribution in [0.15, 0.2) is 65.6 Å². The van der Waals surface area contributed by atoms with Crippen LogP contribution in [0.4, 0.5) is 32.0 Å². The number of aliphatic carboxylic acids is 1. The predicted molar refractivity (Wildman–Crippen MR) is 128 cm³/mol. The van der Waals surface area contributed by atoms with Crippen molar-refractivity contribution < 1.29 is 54.1 Å². The Morgan fingerprint density at radius 2 is 1.80 bits per heavy atom. The van der Waals surface area contributed by atoms with Crippen LogP contribution in [0.2, 0.25) is 0 Å². The molecule has 0 saturated heterocycles. The second kappa shape index (κ2) is 9.91. The van der Waals surface area contributed by atoms with Crippen LogP contribution in [0.25, 0.3) is 11.1 Å². The first kappa shape index (κ1) is 27.6. The topological polar surface area (TPSA) is 93.1 Å². The summed E-state index contributed by atoms with van der Waals surface area (Å²) in [4.78, 5) is 10.8.